The van der Waals surface area contributed by atoms with Gasteiger partial charge in [0.05, 0.1) is 22.1 Å². The van der Waals surface area contributed by atoms with Crippen molar-refractivity contribution in [1.29, 1.82) is 0 Å². The van der Waals surface area contributed by atoms with Gasteiger partial charge in [-0.05, 0) is 98.3 Å². The summed E-state index contributed by atoms with van der Waals surface area (Å²) < 4.78 is 4.62. The first-order chi connectivity index (χ1) is 30.1. The standard InChI is InChI=1S/C57H40N4/c1-57-34-9-8-16-45(57)37-47(33-35-57)61-53-22-7-5-20-51(53)59-56(61)43-29-25-40(26-30-43)49-18-11-15-41-14-10-17-48(54(41)49)39-23-27-42(28-24-39)55-58-50-19-4-6-21-52(50)60(55)46-32-31-38-12-2-3-13-44(38)36-46/h2-34,36-37H,35H2,1H3. The maximum Gasteiger partial charge on any atom is 0.145 e. The van der Waals surface area contributed by atoms with Crippen molar-refractivity contribution in [3.05, 3.63) is 218 Å². The van der Waals surface area contributed by atoms with Crippen LogP contribution >= 0.6 is 0 Å². The fourth-order valence-electron chi connectivity index (χ4n) is 9.50. The zero-order valence-electron chi connectivity index (χ0n) is 33.7. The van der Waals surface area contributed by atoms with Gasteiger partial charge in [-0.15, -0.1) is 0 Å². The van der Waals surface area contributed by atoms with Crippen molar-refractivity contribution >= 4 is 49.3 Å². The van der Waals surface area contributed by atoms with E-state index in [9.17, 15) is 0 Å². The number of rotatable bonds is 6. The van der Waals surface area contributed by atoms with Gasteiger partial charge in [0.1, 0.15) is 11.6 Å². The van der Waals surface area contributed by atoms with Gasteiger partial charge in [0.2, 0.25) is 0 Å². The van der Waals surface area contributed by atoms with Crippen molar-refractivity contribution in [1.82, 2.24) is 19.1 Å². The quantitative estimate of drug-likeness (QED) is 0.168. The molecule has 12 rings (SSSR count). The van der Waals surface area contributed by atoms with Gasteiger partial charge in [0, 0.05) is 27.9 Å². The van der Waals surface area contributed by atoms with E-state index >= 15 is 0 Å². The molecule has 1 atom stereocenters. The highest BCUT2D eigenvalue weighted by Crippen LogP contribution is 2.44. The maximum absolute atomic E-state index is 5.22. The van der Waals surface area contributed by atoms with Gasteiger partial charge in [-0.3, -0.25) is 9.13 Å². The SMILES string of the molecule is CC12C=CC=CC1=CC(n1c(-c3ccc(-c4cccc5cccc(-c6ccc(-c7nc8ccccc8n7-c7ccc8ccccc8c7)cc6)c45)cc3)nc3ccccc31)=CC2. The van der Waals surface area contributed by atoms with E-state index in [0.29, 0.717) is 0 Å². The Morgan fingerprint density at radius 1 is 0.492 bits per heavy atom. The Morgan fingerprint density at radius 2 is 1.05 bits per heavy atom. The minimum Gasteiger partial charge on any atom is -0.293 e. The number of aromatic nitrogens is 4. The van der Waals surface area contributed by atoms with Crippen LogP contribution in [0.3, 0.4) is 0 Å². The van der Waals surface area contributed by atoms with E-state index in [-0.39, 0.29) is 5.41 Å². The lowest BCUT2D eigenvalue weighted by Crippen LogP contribution is -2.20. The highest BCUT2D eigenvalue weighted by molar-refractivity contribution is 6.06. The van der Waals surface area contributed by atoms with Gasteiger partial charge in [0.25, 0.3) is 0 Å². The summed E-state index contributed by atoms with van der Waals surface area (Å²) in [4.78, 5) is 10.4. The first-order valence-corrected chi connectivity index (χ1v) is 21.0. The molecule has 8 aromatic carbocycles. The Bertz CT molecular complexity index is 3490. The van der Waals surface area contributed by atoms with Gasteiger partial charge >= 0.3 is 0 Å². The first-order valence-electron chi connectivity index (χ1n) is 21.0. The van der Waals surface area contributed by atoms with Gasteiger partial charge in [-0.25, -0.2) is 9.97 Å². The molecule has 0 N–H and O–H groups in total. The van der Waals surface area contributed by atoms with E-state index in [1.54, 1.807) is 0 Å². The molecule has 2 aliphatic rings. The number of hydrogen-bond acceptors (Lipinski definition) is 2. The van der Waals surface area contributed by atoms with Crippen LogP contribution in [0, 0.1) is 5.41 Å². The zero-order chi connectivity index (χ0) is 40.5. The van der Waals surface area contributed by atoms with Gasteiger partial charge in [-0.2, -0.15) is 0 Å². The number of imidazole rings is 2. The summed E-state index contributed by atoms with van der Waals surface area (Å²) in [5, 5.41) is 4.87. The number of fused-ring (bicyclic) bond motifs is 5. The molecule has 0 radical (unpaired) electrons. The second kappa shape index (κ2) is 13.9. The van der Waals surface area contributed by atoms with E-state index in [4.69, 9.17) is 9.97 Å². The van der Waals surface area contributed by atoms with Crippen molar-refractivity contribution in [2.45, 2.75) is 13.3 Å². The number of nitrogens with zero attached hydrogens (tertiary/aromatic N) is 4. The molecule has 2 heterocycles. The lowest BCUT2D eigenvalue weighted by molar-refractivity contribution is 0.526. The molecule has 288 valence electrons. The highest BCUT2D eigenvalue weighted by atomic mass is 15.1. The Balaban J connectivity index is 0.921. The van der Waals surface area contributed by atoms with Crippen molar-refractivity contribution < 1.29 is 0 Å². The maximum atomic E-state index is 5.22. The summed E-state index contributed by atoms with van der Waals surface area (Å²) in [7, 11) is 0. The molecule has 0 aliphatic heterocycles. The van der Waals surface area contributed by atoms with Crippen LogP contribution in [0.5, 0.6) is 0 Å². The fourth-order valence-corrected chi connectivity index (χ4v) is 9.50. The summed E-state index contributed by atoms with van der Waals surface area (Å²) in [6.45, 7) is 2.32. The topological polar surface area (TPSA) is 35.6 Å². The summed E-state index contributed by atoms with van der Waals surface area (Å²) in [5.74, 6) is 1.87. The fraction of sp³-hybridized carbons (Fsp3) is 0.0526. The number of benzene rings is 8. The largest absolute Gasteiger partial charge is 0.293 e. The first kappa shape index (κ1) is 35.2. The summed E-state index contributed by atoms with van der Waals surface area (Å²) in [5.41, 5.74) is 14.6. The average Bonchev–Trinajstić information content (AvgIpc) is 3.90. The molecule has 0 saturated heterocycles. The summed E-state index contributed by atoms with van der Waals surface area (Å²) in [6.07, 6.45) is 14.5. The molecule has 0 bridgehead atoms. The lowest BCUT2D eigenvalue weighted by Gasteiger charge is -2.32. The third-order valence-electron chi connectivity index (χ3n) is 12.7. The summed E-state index contributed by atoms with van der Waals surface area (Å²) in [6, 6.07) is 63.2. The van der Waals surface area contributed by atoms with Gasteiger partial charge in [-0.1, -0.05) is 177 Å². The molecule has 0 amide bonds. The summed E-state index contributed by atoms with van der Waals surface area (Å²) >= 11 is 0. The molecule has 0 saturated carbocycles. The lowest BCUT2D eigenvalue weighted by atomic mass is 9.73. The van der Waals surface area contributed by atoms with E-state index in [1.807, 2.05) is 0 Å². The van der Waals surface area contributed by atoms with Crippen LogP contribution in [0.2, 0.25) is 0 Å². The minimum absolute atomic E-state index is 0.0206. The molecular weight excluding hydrogens is 741 g/mol. The van der Waals surface area contributed by atoms with Crippen LogP contribution in [-0.4, -0.2) is 19.1 Å². The highest BCUT2D eigenvalue weighted by Gasteiger charge is 2.29. The second-order valence-electron chi connectivity index (χ2n) is 16.5. The molecule has 0 fully saturated rings. The minimum atomic E-state index is 0.0206. The van der Waals surface area contributed by atoms with Crippen LogP contribution in [0.4, 0.5) is 0 Å². The Labute approximate surface area is 354 Å². The Hall–Kier alpha value is -7.82. The molecule has 61 heavy (non-hydrogen) atoms. The van der Waals surface area contributed by atoms with Crippen LogP contribution in [0.25, 0.3) is 100 Å². The average molecular weight is 781 g/mol. The smallest absolute Gasteiger partial charge is 0.145 e. The van der Waals surface area contributed by atoms with Crippen molar-refractivity contribution in [3.63, 3.8) is 0 Å². The van der Waals surface area contributed by atoms with Crippen LogP contribution in [-0.2, 0) is 0 Å². The molecular formula is C57H40N4. The van der Waals surface area contributed by atoms with Crippen molar-refractivity contribution in [2.75, 3.05) is 0 Å². The van der Waals surface area contributed by atoms with Gasteiger partial charge < -0.3 is 0 Å². The molecule has 2 aromatic heterocycles. The molecule has 1 unspecified atom stereocenters. The Kier molecular flexibility index (Phi) is 8.01. The van der Waals surface area contributed by atoms with Crippen LogP contribution in [0.1, 0.15) is 13.3 Å². The van der Waals surface area contributed by atoms with E-state index in [1.165, 1.54) is 43.8 Å². The third kappa shape index (κ3) is 5.83. The molecule has 2 aliphatic carbocycles. The van der Waals surface area contributed by atoms with Gasteiger partial charge in [0.15, 0.2) is 0 Å². The second-order valence-corrected chi connectivity index (χ2v) is 16.5. The zero-order valence-corrected chi connectivity index (χ0v) is 33.7. The van der Waals surface area contributed by atoms with Crippen molar-refractivity contribution in [2.24, 2.45) is 5.41 Å². The number of para-hydroxylation sites is 4. The van der Waals surface area contributed by atoms with E-state index in [0.717, 1.165) is 68.2 Å². The third-order valence-corrected chi connectivity index (χ3v) is 12.7. The molecule has 10 aromatic rings. The monoisotopic (exact) mass is 780 g/mol. The molecule has 4 nitrogen and oxygen atoms in total. The Morgan fingerprint density at radius 3 is 1.72 bits per heavy atom. The number of allylic oxidation sites excluding steroid dienone is 8. The number of hydrogen-bond donors (Lipinski definition) is 0. The van der Waals surface area contributed by atoms with Crippen LogP contribution in [0.15, 0.2) is 218 Å². The van der Waals surface area contributed by atoms with E-state index in [2.05, 4.69) is 228 Å². The van der Waals surface area contributed by atoms with Crippen molar-refractivity contribution in [3.8, 4) is 50.7 Å². The molecule has 4 heteroatoms. The normalized spacial score (nSPS) is 16.0. The van der Waals surface area contributed by atoms with E-state index < -0.39 is 0 Å². The predicted molar refractivity (Wildman–Crippen MR) is 254 cm³/mol. The van der Waals surface area contributed by atoms with Crippen LogP contribution < -0.4 is 0 Å². The predicted octanol–water partition coefficient (Wildman–Crippen LogP) is 14.7. The molecule has 0 spiro atoms.